The van der Waals surface area contributed by atoms with Gasteiger partial charge < -0.3 is 24.4 Å². The molecule has 0 radical (unpaired) electrons. The lowest BCUT2D eigenvalue weighted by atomic mass is 10.1. The normalized spacial score (nSPS) is 10.4. The second kappa shape index (κ2) is 10.8. The molecule has 0 fully saturated rings. The van der Waals surface area contributed by atoms with Crippen molar-refractivity contribution >= 4 is 11.9 Å². The van der Waals surface area contributed by atoms with E-state index < -0.39 is 11.9 Å². The predicted molar refractivity (Wildman–Crippen MR) is 97.6 cm³/mol. The Morgan fingerprint density at radius 2 is 1.30 bits per heavy atom. The molecule has 0 saturated carbocycles. The van der Waals surface area contributed by atoms with Crippen molar-refractivity contribution < 1.29 is 34.0 Å². The number of aliphatic carboxylic acids is 1. The summed E-state index contributed by atoms with van der Waals surface area (Å²) in [4.78, 5) is 21.1. The molecule has 0 amide bonds. The van der Waals surface area contributed by atoms with Crippen LogP contribution in [-0.4, -0.2) is 48.6 Å². The fourth-order valence-electron chi connectivity index (χ4n) is 2.22. The smallest absolute Gasteiger partial charge is 0.335 e. The van der Waals surface area contributed by atoms with Crippen LogP contribution >= 0.6 is 0 Å². The molecule has 0 spiro atoms. The first-order chi connectivity index (χ1) is 13.0. The summed E-state index contributed by atoms with van der Waals surface area (Å²) in [6.45, 7) is 1.39. The van der Waals surface area contributed by atoms with Gasteiger partial charge in [0.05, 0.1) is 25.2 Å². The first-order valence-electron chi connectivity index (χ1n) is 8.52. The first kappa shape index (κ1) is 20.3. The zero-order valence-electron chi connectivity index (χ0n) is 14.8. The maximum absolute atomic E-state index is 10.8. The molecule has 27 heavy (non-hydrogen) atoms. The molecule has 144 valence electrons. The number of benzene rings is 2. The van der Waals surface area contributed by atoms with E-state index >= 15 is 0 Å². The molecule has 0 aromatic heterocycles. The Morgan fingerprint density at radius 3 is 1.81 bits per heavy atom. The van der Waals surface area contributed by atoms with Gasteiger partial charge in [-0.25, -0.2) is 4.79 Å². The number of carboxylic acid groups (broad SMARTS) is 2. The highest BCUT2D eigenvalue weighted by Gasteiger charge is 2.02. The standard InChI is InChI=1S/C20H22O7/c21-19(22)10-12-25-11-9-15-1-5-17(6-2-15)26-13-14-27-18-7-3-16(4-8-18)20(23)24/h1-8H,9-14H2,(H,21,22)(H,23,24). The molecule has 7 heteroatoms. The van der Waals surface area contributed by atoms with Crippen LogP contribution in [-0.2, 0) is 16.0 Å². The average molecular weight is 374 g/mol. The summed E-state index contributed by atoms with van der Waals surface area (Å²) < 4.78 is 16.4. The number of carboxylic acids is 2. The van der Waals surface area contributed by atoms with Gasteiger partial charge in [-0.3, -0.25) is 4.79 Å². The SMILES string of the molecule is O=C(O)CCOCCc1ccc(OCCOc2ccc(C(=O)O)cc2)cc1. The Bertz CT molecular complexity index is 723. The van der Waals surface area contributed by atoms with Crippen LogP contribution in [0, 0.1) is 0 Å². The molecule has 0 heterocycles. The number of hydrogen-bond acceptors (Lipinski definition) is 5. The van der Waals surface area contributed by atoms with Gasteiger partial charge in [0.2, 0.25) is 0 Å². The Balaban J connectivity index is 1.63. The van der Waals surface area contributed by atoms with Gasteiger partial charge in [-0.1, -0.05) is 12.1 Å². The lowest BCUT2D eigenvalue weighted by Crippen LogP contribution is -2.09. The highest BCUT2D eigenvalue weighted by molar-refractivity contribution is 5.87. The summed E-state index contributed by atoms with van der Waals surface area (Å²) in [5, 5.41) is 17.4. The molecular weight excluding hydrogens is 352 g/mol. The molecule has 2 aromatic rings. The number of carbonyl (C=O) groups is 2. The van der Waals surface area contributed by atoms with Crippen LogP contribution in [0.3, 0.4) is 0 Å². The van der Waals surface area contributed by atoms with E-state index in [0.29, 0.717) is 32.0 Å². The summed E-state index contributed by atoms with van der Waals surface area (Å²) >= 11 is 0. The van der Waals surface area contributed by atoms with E-state index in [-0.39, 0.29) is 18.6 Å². The second-order valence-corrected chi connectivity index (χ2v) is 5.68. The minimum absolute atomic E-state index is 0.0125. The lowest BCUT2D eigenvalue weighted by molar-refractivity contribution is -0.138. The van der Waals surface area contributed by atoms with E-state index in [1.807, 2.05) is 24.3 Å². The van der Waals surface area contributed by atoms with Crippen molar-refractivity contribution in [2.45, 2.75) is 12.8 Å². The summed E-state index contributed by atoms with van der Waals surface area (Å²) in [6.07, 6.45) is 0.716. The number of ether oxygens (including phenoxy) is 3. The Hall–Kier alpha value is -3.06. The zero-order chi connectivity index (χ0) is 19.5. The van der Waals surface area contributed by atoms with Gasteiger partial charge in [0.1, 0.15) is 24.7 Å². The Labute approximate surface area is 157 Å². The van der Waals surface area contributed by atoms with Crippen LogP contribution in [0.2, 0.25) is 0 Å². The first-order valence-corrected chi connectivity index (χ1v) is 8.52. The van der Waals surface area contributed by atoms with Crippen molar-refractivity contribution in [3.8, 4) is 11.5 Å². The molecule has 2 N–H and O–H groups in total. The fraction of sp³-hybridized carbons (Fsp3) is 0.300. The highest BCUT2D eigenvalue weighted by Crippen LogP contribution is 2.14. The third-order valence-corrected chi connectivity index (χ3v) is 3.64. The Kier molecular flexibility index (Phi) is 8.12. The topological polar surface area (TPSA) is 102 Å². The van der Waals surface area contributed by atoms with Crippen molar-refractivity contribution in [2.75, 3.05) is 26.4 Å². The Morgan fingerprint density at radius 1 is 0.741 bits per heavy atom. The van der Waals surface area contributed by atoms with Crippen LogP contribution in [0.25, 0.3) is 0 Å². The quantitative estimate of drug-likeness (QED) is 0.551. The van der Waals surface area contributed by atoms with Crippen molar-refractivity contribution in [1.82, 2.24) is 0 Å². The summed E-state index contributed by atoms with van der Waals surface area (Å²) in [5.74, 6) is -0.532. The second-order valence-electron chi connectivity index (χ2n) is 5.68. The van der Waals surface area contributed by atoms with Crippen LogP contribution in [0.1, 0.15) is 22.3 Å². The van der Waals surface area contributed by atoms with Crippen molar-refractivity contribution in [2.24, 2.45) is 0 Å². The van der Waals surface area contributed by atoms with Crippen LogP contribution in [0.4, 0.5) is 0 Å². The van der Waals surface area contributed by atoms with Gasteiger partial charge in [-0.2, -0.15) is 0 Å². The van der Waals surface area contributed by atoms with E-state index in [4.69, 9.17) is 24.4 Å². The van der Waals surface area contributed by atoms with Crippen LogP contribution in [0.5, 0.6) is 11.5 Å². The third-order valence-electron chi connectivity index (χ3n) is 3.64. The maximum atomic E-state index is 10.8. The lowest BCUT2D eigenvalue weighted by Gasteiger charge is -2.09. The molecule has 0 bridgehead atoms. The number of aromatic carboxylic acids is 1. The van der Waals surface area contributed by atoms with Crippen molar-refractivity contribution in [3.05, 3.63) is 59.7 Å². The zero-order valence-corrected chi connectivity index (χ0v) is 14.8. The number of hydrogen-bond donors (Lipinski definition) is 2. The van der Waals surface area contributed by atoms with Crippen LogP contribution in [0.15, 0.2) is 48.5 Å². The van der Waals surface area contributed by atoms with Gasteiger partial charge in [0, 0.05) is 0 Å². The van der Waals surface area contributed by atoms with Crippen LogP contribution < -0.4 is 9.47 Å². The maximum Gasteiger partial charge on any atom is 0.335 e. The van der Waals surface area contributed by atoms with Crippen molar-refractivity contribution in [1.29, 1.82) is 0 Å². The van der Waals surface area contributed by atoms with Gasteiger partial charge >= 0.3 is 11.9 Å². The molecule has 0 atom stereocenters. The number of rotatable bonds is 12. The van der Waals surface area contributed by atoms with Gasteiger partial charge in [0.15, 0.2) is 0 Å². The minimum Gasteiger partial charge on any atom is -0.490 e. The molecule has 0 unspecified atom stereocenters. The van der Waals surface area contributed by atoms with E-state index in [9.17, 15) is 9.59 Å². The molecule has 0 aliphatic carbocycles. The third kappa shape index (κ3) is 7.79. The highest BCUT2D eigenvalue weighted by atomic mass is 16.5. The van der Waals surface area contributed by atoms with Gasteiger partial charge in [0.25, 0.3) is 0 Å². The van der Waals surface area contributed by atoms with Crippen molar-refractivity contribution in [3.63, 3.8) is 0 Å². The molecule has 0 aliphatic heterocycles. The monoisotopic (exact) mass is 374 g/mol. The molecule has 2 aromatic carbocycles. The molecule has 0 saturated heterocycles. The average Bonchev–Trinajstić information content (AvgIpc) is 2.66. The predicted octanol–water partition coefficient (Wildman–Crippen LogP) is 2.88. The van der Waals surface area contributed by atoms with E-state index in [2.05, 4.69) is 0 Å². The summed E-state index contributed by atoms with van der Waals surface area (Å²) in [5.41, 5.74) is 1.29. The minimum atomic E-state index is -0.972. The van der Waals surface area contributed by atoms with Gasteiger partial charge in [-0.15, -0.1) is 0 Å². The van der Waals surface area contributed by atoms with E-state index in [1.54, 1.807) is 12.1 Å². The summed E-state index contributed by atoms with van der Waals surface area (Å²) in [6, 6.07) is 13.8. The molecule has 7 nitrogen and oxygen atoms in total. The van der Waals surface area contributed by atoms with Gasteiger partial charge in [-0.05, 0) is 48.4 Å². The van der Waals surface area contributed by atoms with E-state index in [0.717, 1.165) is 11.3 Å². The van der Waals surface area contributed by atoms with E-state index in [1.165, 1.54) is 12.1 Å². The summed E-state index contributed by atoms with van der Waals surface area (Å²) in [7, 11) is 0. The molecular formula is C20H22O7. The fourth-order valence-corrected chi connectivity index (χ4v) is 2.22. The molecule has 0 aliphatic rings. The molecule has 2 rings (SSSR count). The largest absolute Gasteiger partial charge is 0.490 e.